The van der Waals surface area contributed by atoms with E-state index in [1.54, 1.807) is 0 Å². The van der Waals surface area contributed by atoms with E-state index in [0.717, 1.165) is 12.1 Å². The zero-order valence-electron chi connectivity index (χ0n) is 13.3. The third kappa shape index (κ3) is 3.55. The summed E-state index contributed by atoms with van der Waals surface area (Å²) in [7, 11) is 0. The van der Waals surface area contributed by atoms with Crippen LogP contribution in [-0.2, 0) is 0 Å². The van der Waals surface area contributed by atoms with Crippen molar-refractivity contribution in [3.05, 3.63) is 84.2 Å². The van der Waals surface area contributed by atoms with Crippen molar-refractivity contribution in [1.29, 1.82) is 0 Å². The first-order valence-electron chi connectivity index (χ1n) is 7.54. The SMILES string of the molecule is C=CCC(C(C)c1ccc(C)cc1)N1C=C(C)C=CC1=C. The van der Waals surface area contributed by atoms with Gasteiger partial charge < -0.3 is 4.90 Å². The maximum Gasteiger partial charge on any atom is 0.0436 e. The number of allylic oxidation sites excluding steroid dienone is 3. The van der Waals surface area contributed by atoms with E-state index in [1.165, 1.54) is 16.7 Å². The lowest BCUT2D eigenvalue weighted by molar-refractivity contribution is 0.305. The number of benzene rings is 1. The Morgan fingerprint density at radius 1 is 1.14 bits per heavy atom. The smallest absolute Gasteiger partial charge is 0.0436 e. The van der Waals surface area contributed by atoms with Gasteiger partial charge in [0.2, 0.25) is 0 Å². The molecule has 1 aliphatic heterocycles. The second-order valence-electron chi connectivity index (χ2n) is 5.90. The van der Waals surface area contributed by atoms with Crippen LogP contribution in [0.2, 0.25) is 0 Å². The summed E-state index contributed by atoms with van der Waals surface area (Å²) in [4.78, 5) is 2.29. The van der Waals surface area contributed by atoms with Crippen LogP contribution in [0.5, 0.6) is 0 Å². The summed E-state index contributed by atoms with van der Waals surface area (Å²) < 4.78 is 0. The Morgan fingerprint density at radius 2 is 1.81 bits per heavy atom. The van der Waals surface area contributed by atoms with Crippen LogP contribution in [0.1, 0.15) is 37.3 Å². The zero-order chi connectivity index (χ0) is 15.4. The molecule has 0 bridgehead atoms. The van der Waals surface area contributed by atoms with Crippen LogP contribution in [0.15, 0.2) is 73.1 Å². The predicted molar refractivity (Wildman–Crippen MR) is 92.1 cm³/mol. The first-order chi connectivity index (χ1) is 10.0. The molecule has 0 N–H and O–H groups in total. The number of rotatable bonds is 5. The molecule has 0 spiro atoms. The van der Waals surface area contributed by atoms with Gasteiger partial charge in [-0.3, -0.25) is 0 Å². The molecule has 1 heterocycles. The molecular formula is C20H25N. The minimum absolute atomic E-state index is 0.345. The molecule has 2 rings (SSSR count). The van der Waals surface area contributed by atoms with Crippen LogP contribution in [0.25, 0.3) is 0 Å². The van der Waals surface area contributed by atoms with Crippen molar-refractivity contribution in [3.8, 4) is 0 Å². The molecule has 110 valence electrons. The summed E-state index contributed by atoms with van der Waals surface area (Å²) in [5, 5.41) is 0. The third-order valence-electron chi connectivity index (χ3n) is 4.16. The minimum Gasteiger partial charge on any atom is -0.344 e. The van der Waals surface area contributed by atoms with Gasteiger partial charge in [0.05, 0.1) is 0 Å². The summed E-state index contributed by atoms with van der Waals surface area (Å²) in [5.41, 5.74) is 4.96. The van der Waals surface area contributed by atoms with E-state index < -0.39 is 0 Å². The molecule has 0 saturated carbocycles. The molecule has 0 aliphatic carbocycles. The lowest BCUT2D eigenvalue weighted by Gasteiger charge is -2.37. The van der Waals surface area contributed by atoms with E-state index >= 15 is 0 Å². The van der Waals surface area contributed by atoms with Gasteiger partial charge in [-0.05, 0) is 37.5 Å². The average molecular weight is 279 g/mol. The highest BCUT2D eigenvalue weighted by Crippen LogP contribution is 2.30. The van der Waals surface area contributed by atoms with Crippen LogP contribution in [0.4, 0.5) is 0 Å². The molecule has 1 nitrogen and oxygen atoms in total. The van der Waals surface area contributed by atoms with Crippen LogP contribution < -0.4 is 0 Å². The fourth-order valence-electron chi connectivity index (χ4n) is 2.79. The monoisotopic (exact) mass is 279 g/mol. The van der Waals surface area contributed by atoms with Gasteiger partial charge in [0, 0.05) is 23.9 Å². The fourth-order valence-corrected chi connectivity index (χ4v) is 2.79. The van der Waals surface area contributed by atoms with Gasteiger partial charge in [-0.2, -0.15) is 0 Å². The summed E-state index contributed by atoms with van der Waals surface area (Å²) in [6, 6.07) is 9.17. The highest BCUT2D eigenvalue weighted by Gasteiger charge is 2.25. The molecule has 1 aromatic rings. The number of hydrogen-bond acceptors (Lipinski definition) is 1. The van der Waals surface area contributed by atoms with Crippen LogP contribution in [-0.4, -0.2) is 10.9 Å². The first kappa shape index (κ1) is 15.4. The highest BCUT2D eigenvalue weighted by molar-refractivity contribution is 5.34. The number of hydrogen-bond donors (Lipinski definition) is 0. The Balaban J connectivity index is 2.29. The summed E-state index contributed by atoms with van der Waals surface area (Å²) >= 11 is 0. The van der Waals surface area contributed by atoms with Gasteiger partial charge in [-0.15, -0.1) is 6.58 Å². The fraction of sp³-hybridized carbons (Fsp3) is 0.300. The Kier molecular flexibility index (Phi) is 4.85. The molecule has 2 unspecified atom stereocenters. The quantitative estimate of drug-likeness (QED) is 0.658. The highest BCUT2D eigenvalue weighted by atomic mass is 15.2. The molecule has 21 heavy (non-hydrogen) atoms. The van der Waals surface area contributed by atoms with Crippen LogP contribution >= 0.6 is 0 Å². The van der Waals surface area contributed by atoms with Crippen molar-refractivity contribution < 1.29 is 0 Å². The molecule has 0 radical (unpaired) electrons. The Hall–Kier alpha value is -2.02. The molecule has 0 aromatic heterocycles. The Labute approximate surface area is 129 Å². The van der Waals surface area contributed by atoms with Gasteiger partial charge in [0.15, 0.2) is 0 Å². The summed E-state index contributed by atoms with van der Waals surface area (Å²) in [6.07, 6.45) is 9.34. The average Bonchev–Trinajstić information content (AvgIpc) is 2.48. The van der Waals surface area contributed by atoms with Crippen molar-refractivity contribution in [2.24, 2.45) is 0 Å². The molecule has 1 aliphatic rings. The largest absolute Gasteiger partial charge is 0.344 e. The van der Waals surface area contributed by atoms with Crippen molar-refractivity contribution >= 4 is 0 Å². The van der Waals surface area contributed by atoms with E-state index in [4.69, 9.17) is 0 Å². The van der Waals surface area contributed by atoms with E-state index in [-0.39, 0.29) is 0 Å². The van der Waals surface area contributed by atoms with Gasteiger partial charge in [0.1, 0.15) is 0 Å². The van der Waals surface area contributed by atoms with E-state index in [1.807, 2.05) is 6.08 Å². The standard InChI is InChI=1S/C20H25N/c1-6-7-20(21-14-16(3)8-11-17(21)4)18(5)19-12-9-15(2)10-13-19/h6,8-14,18,20H,1,4,7H2,2-3,5H3. The molecule has 0 fully saturated rings. The molecular weight excluding hydrogens is 254 g/mol. The first-order valence-corrected chi connectivity index (χ1v) is 7.54. The van der Waals surface area contributed by atoms with Crippen molar-refractivity contribution in [2.75, 3.05) is 0 Å². The number of nitrogens with zero attached hydrogens (tertiary/aromatic N) is 1. The zero-order valence-corrected chi connectivity index (χ0v) is 13.3. The van der Waals surface area contributed by atoms with Crippen LogP contribution in [0.3, 0.4) is 0 Å². The Bertz CT molecular complexity index is 574. The topological polar surface area (TPSA) is 3.24 Å². The second-order valence-corrected chi connectivity index (χ2v) is 5.90. The third-order valence-corrected chi connectivity index (χ3v) is 4.16. The molecule has 1 heteroatoms. The predicted octanol–water partition coefficient (Wildman–Crippen LogP) is 5.33. The van der Waals surface area contributed by atoms with Gasteiger partial charge in [-0.1, -0.05) is 55.5 Å². The summed E-state index contributed by atoms with van der Waals surface area (Å²) in [5.74, 6) is 0.413. The van der Waals surface area contributed by atoms with E-state index in [2.05, 4.69) is 81.4 Å². The lowest BCUT2D eigenvalue weighted by Crippen LogP contribution is -2.34. The van der Waals surface area contributed by atoms with Gasteiger partial charge in [0.25, 0.3) is 0 Å². The molecule has 1 aromatic carbocycles. The van der Waals surface area contributed by atoms with E-state index in [9.17, 15) is 0 Å². The maximum absolute atomic E-state index is 4.18. The lowest BCUT2D eigenvalue weighted by atomic mass is 9.89. The van der Waals surface area contributed by atoms with Crippen molar-refractivity contribution in [3.63, 3.8) is 0 Å². The van der Waals surface area contributed by atoms with Crippen molar-refractivity contribution in [1.82, 2.24) is 4.90 Å². The molecule has 2 atom stereocenters. The Morgan fingerprint density at radius 3 is 2.43 bits per heavy atom. The molecule has 0 amide bonds. The normalized spacial score (nSPS) is 17.4. The van der Waals surface area contributed by atoms with Crippen molar-refractivity contribution in [2.45, 2.75) is 39.2 Å². The maximum atomic E-state index is 4.18. The minimum atomic E-state index is 0.345. The second kappa shape index (κ2) is 6.62. The van der Waals surface area contributed by atoms with Gasteiger partial charge >= 0.3 is 0 Å². The summed E-state index contributed by atoms with van der Waals surface area (Å²) in [6.45, 7) is 14.6. The number of aryl methyl sites for hydroxylation is 1. The van der Waals surface area contributed by atoms with E-state index in [0.29, 0.717) is 12.0 Å². The molecule has 0 saturated heterocycles. The van der Waals surface area contributed by atoms with Crippen LogP contribution in [0, 0.1) is 6.92 Å². The van der Waals surface area contributed by atoms with Gasteiger partial charge in [-0.25, -0.2) is 0 Å².